The minimum atomic E-state index is 0.731. The Morgan fingerprint density at radius 2 is 2.33 bits per heavy atom. The summed E-state index contributed by atoms with van der Waals surface area (Å²) in [5.41, 5.74) is 1.20. The van der Waals surface area contributed by atoms with Gasteiger partial charge in [-0.15, -0.1) is 0 Å². The van der Waals surface area contributed by atoms with Gasteiger partial charge in [-0.25, -0.2) is 0 Å². The number of aryl methyl sites for hydroxylation is 2. The molecule has 2 N–H and O–H groups in total. The molecule has 1 aromatic rings. The second-order valence-corrected chi connectivity index (χ2v) is 3.83. The molecular formula is C10H18N4S. The van der Waals surface area contributed by atoms with Crippen LogP contribution in [0.25, 0.3) is 0 Å². The van der Waals surface area contributed by atoms with Crippen LogP contribution >= 0.6 is 12.2 Å². The van der Waals surface area contributed by atoms with Crippen molar-refractivity contribution in [2.75, 3.05) is 13.1 Å². The van der Waals surface area contributed by atoms with Gasteiger partial charge in [0.25, 0.3) is 0 Å². The third kappa shape index (κ3) is 4.78. The van der Waals surface area contributed by atoms with Gasteiger partial charge >= 0.3 is 0 Å². The molecule has 0 spiro atoms. The highest BCUT2D eigenvalue weighted by Crippen LogP contribution is 1.94. The number of hydrogen-bond acceptors (Lipinski definition) is 2. The Morgan fingerprint density at radius 3 is 2.93 bits per heavy atom. The Bertz CT molecular complexity index is 308. The zero-order valence-electron chi connectivity index (χ0n) is 9.29. The van der Waals surface area contributed by atoms with Crippen LogP contribution in [0, 0.1) is 6.92 Å². The first-order chi connectivity index (χ1) is 7.22. The summed E-state index contributed by atoms with van der Waals surface area (Å²) in [6.45, 7) is 6.74. The van der Waals surface area contributed by atoms with E-state index in [9.17, 15) is 0 Å². The Balaban J connectivity index is 2.09. The van der Waals surface area contributed by atoms with E-state index in [2.05, 4.69) is 15.7 Å². The molecule has 1 heterocycles. The fourth-order valence-electron chi connectivity index (χ4n) is 1.26. The van der Waals surface area contributed by atoms with Crippen LogP contribution in [0.15, 0.2) is 12.4 Å². The van der Waals surface area contributed by atoms with Crippen LogP contribution in [0.1, 0.15) is 18.9 Å². The zero-order valence-corrected chi connectivity index (χ0v) is 10.1. The highest BCUT2D eigenvalue weighted by Gasteiger charge is 1.95. The van der Waals surface area contributed by atoms with Crippen molar-refractivity contribution in [3.8, 4) is 0 Å². The van der Waals surface area contributed by atoms with Crippen molar-refractivity contribution in [3.63, 3.8) is 0 Å². The van der Waals surface area contributed by atoms with E-state index in [1.165, 1.54) is 5.56 Å². The highest BCUT2D eigenvalue weighted by atomic mass is 32.1. The van der Waals surface area contributed by atoms with Crippen molar-refractivity contribution in [1.29, 1.82) is 0 Å². The molecule has 15 heavy (non-hydrogen) atoms. The van der Waals surface area contributed by atoms with Gasteiger partial charge in [-0.1, -0.05) is 0 Å². The van der Waals surface area contributed by atoms with Gasteiger partial charge in [-0.2, -0.15) is 5.10 Å². The number of nitrogens with one attached hydrogen (secondary N) is 2. The zero-order chi connectivity index (χ0) is 11.1. The van der Waals surface area contributed by atoms with Crippen molar-refractivity contribution in [1.82, 2.24) is 20.4 Å². The van der Waals surface area contributed by atoms with Crippen molar-refractivity contribution in [2.45, 2.75) is 26.8 Å². The van der Waals surface area contributed by atoms with E-state index in [1.807, 2.05) is 30.9 Å². The Hall–Kier alpha value is -1.10. The van der Waals surface area contributed by atoms with Crippen LogP contribution in [0.3, 0.4) is 0 Å². The third-order valence-corrected chi connectivity index (χ3v) is 2.24. The van der Waals surface area contributed by atoms with Crippen molar-refractivity contribution < 1.29 is 0 Å². The second-order valence-electron chi connectivity index (χ2n) is 3.42. The first kappa shape index (κ1) is 12.0. The standard InChI is InChI=1S/C10H18N4S/c1-3-11-10(15)12-5-4-6-14-8-9(2)7-13-14/h7-8H,3-6H2,1-2H3,(H2,11,12,15). The third-order valence-electron chi connectivity index (χ3n) is 1.95. The molecule has 0 aliphatic heterocycles. The summed E-state index contributed by atoms with van der Waals surface area (Å²) in [5, 5.41) is 11.1. The van der Waals surface area contributed by atoms with Crippen LogP contribution in [0.2, 0.25) is 0 Å². The molecule has 0 aliphatic carbocycles. The molecule has 0 saturated heterocycles. The predicted molar refractivity (Wildman–Crippen MR) is 65.9 cm³/mol. The molecule has 0 fully saturated rings. The van der Waals surface area contributed by atoms with Crippen molar-refractivity contribution in [2.24, 2.45) is 0 Å². The van der Waals surface area contributed by atoms with Gasteiger partial charge in [0.15, 0.2) is 5.11 Å². The van der Waals surface area contributed by atoms with Gasteiger partial charge in [0, 0.05) is 25.8 Å². The van der Waals surface area contributed by atoms with Crippen LogP contribution in [-0.4, -0.2) is 28.0 Å². The van der Waals surface area contributed by atoms with Gasteiger partial charge in [0.1, 0.15) is 0 Å². The number of thiocarbonyl (C=S) groups is 1. The number of hydrogen-bond donors (Lipinski definition) is 2. The fourth-order valence-corrected chi connectivity index (χ4v) is 1.50. The minimum Gasteiger partial charge on any atom is -0.363 e. The molecule has 0 bridgehead atoms. The number of aromatic nitrogens is 2. The molecule has 0 radical (unpaired) electrons. The normalized spacial score (nSPS) is 10.0. The predicted octanol–water partition coefficient (Wildman–Crippen LogP) is 1.07. The molecule has 0 atom stereocenters. The van der Waals surface area contributed by atoms with Crippen LogP contribution in [0.4, 0.5) is 0 Å². The average Bonchev–Trinajstić information content (AvgIpc) is 2.60. The van der Waals surface area contributed by atoms with E-state index in [0.29, 0.717) is 0 Å². The average molecular weight is 226 g/mol. The van der Waals surface area contributed by atoms with E-state index in [4.69, 9.17) is 12.2 Å². The summed E-state index contributed by atoms with van der Waals surface area (Å²) >= 11 is 5.04. The molecule has 0 saturated carbocycles. The first-order valence-corrected chi connectivity index (χ1v) is 5.64. The van der Waals surface area contributed by atoms with E-state index in [-0.39, 0.29) is 0 Å². The van der Waals surface area contributed by atoms with Crippen molar-refractivity contribution in [3.05, 3.63) is 18.0 Å². The van der Waals surface area contributed by atoms with E-state index >= 15 is 0 Å². The van der Waals surface area contributed by atoms with E-state index in [0.717, 1.165) is 31.2 Å². The van der Waals surface area contributed by atoms with Gasteiger partial charge in [-0.05, 0) is 38.0 Å². The van der Waals surface area contributed by atoms with E-state index < -0.39 is 0 Å². The maximum absolute atomic E-state index is 5.04. The summed E-state index contributed by atoms with van der Waals surface area (Å²) < 4.78 is 1.95. The Kier molecular flexibility index (Phi) is 5.10. The Labute approximate surface area is 96.1 Å². The summed E-state index contributed by atoms with van der Waals surface area (Å²) in [4.78, 5) is 0. The topological polar surface area (TPSA) is 41.9 Å². The van der Waals surface area contributed by atoms with Gasteiger partial charge < -0.3 is 10.6 Å². The van der Waals surface area contributed by atoms with Gasteiger partial charge in [0.2, 0.25) is 0 Å². The smallest absolute Gasteiger partial charge is 0.166 e. The molecule has 0 aliphatic rings. The summed E-state index contributed by atoms with van der Waals surface area (Å²) in [7, 11) is 0. The molecule has 4 nitrogen and oxygen atoms in total. The first-order valence-electron chi connectivity index (χ1n) is 5.23. The van der Waals surface area contributed by atoms with Crippen LogP contribution in [0.5, 0.6) is 0 Å². The maximum Gasteiger partial charge on any atom is 0.166 e. The largest absolute Gasteiger partial charge is 0.363 e. The fraction of sp³-hybridized carbons (Fsp3) is 0.600. The number of nitrogens with zero attached hydrogens (tertiary/aromatic N) is 2. The lowest BCUT2D eigenvalue weighted by atomic mass is 10.4. The second kappa shape index (κ2) is 6.40. The molecule has 1 aromatic heterocycles. The quantitative estimate of drug-likeness (QED) is 0.582. The molecule has 5 heteroatoms. The van der Waals surface area contributed by atoms with E-state index in [1.54, 1.807) is 0 Å². The lowest BCUT2D eigenvalue weighted by Gasteiger charge is -2.08. The molecule has 1 rings (SSSR count). The van der Waals surface area contributed by atoms with Gasteiger partial charge in [0.05, 0.1) is 6.20 Å². The lowest BCUT2D eigenvalue weighted by Crippen LogP contribution is -2.35. The number of rotatable bonds is 5. The monoisotopic (exact) mass is 226 g/mol. The van der Waals surface area contributed by atoms with Gasteiger partial charge in [-0.3, -0.25) is 4.68 Å². The Morgan fingerprint density at radius 1 is 1.53 bits per heavy atom. The molecule has 0 unspecified atom stereocenters. The van der Waals surface area contributed by atoms with Crippen molar-refractivity contribution >= 4 is 17.3 Å². The molecule has 0 aromatic carbocycles. The summed E-state index contributed by atoms with van der Waals surface area (Å²) in [5.74, 6) is 0. The van der Waals surface area contributed by atoms with Crippen LogP contribution in [-0.2, 0) is 6.54 Å². The SMILES string of the molecule is CCNC(=S)NCCCn1cc(C)cn1. The maximum atomic E-state index is 5.04. The molecule has 84 valence electrons. The minimum absolute atomic E-state index is 0.731. The summed E-state index contributed by atoms with van der Waals surface area (Å²) in [6.07, 6.45) is 4.94. The summed E-state index contributed by atoms with van der Waals surface area (Å²) in [6, 6.07) is 0. The van der Waals surface area contributed by atoms with Crippen LogP contribution < -0.4 is 10.6 Å². The molecular weight excluding hydrogens is 208 g/mol. The molecule has 0 amide bonds. The lowest BCUT2D eigenvalue weighted by molar-refractivity contribution is 0.572. The highest BCUT2D eigenvalue weighted by molar-refractivity contribution is 7.80.